The Labute approximate surface area is 224 Å². The molecule has 2 N–H and O–H groups in total. The maximum Gasteiger partial charge on any atom is 0.321 e. The van der Waals surface area contributed by atoms with Crippen molar-refractivity contribution in [3.05, 3.63) is 58.2 Å². The van der Waals surface area contributed by atoms with Gasteiger partial charge in [0, 0.05) is 22.9 Å². The second kappa shape index (κ2) is 10.5. The molecule has 3 atom stereocenters. The van der Waals surface area contributed by atoms with Crippen LogP contribution < -0.4 is 20.1 Å². The summed E-state index contributed by atoms with van der Waals surface area (Å²) in [6.07, 6.45) is 3.71. The minimum absolute atomic E-state index is 0.00614. The van der Waals surface area contributed by atoms with Crippen LogP contribution >= 0.6 is 22.9 Å². The predicted octanol–water partition coefficient (Wildman–Crippen LogP) is 5.94. The van der Waals surface area contributed by atoms with Gasteiger partial charge in [0.05, 0.1) is 30.5 Å². The summed E-state index contributed by atoms with van der Waals surface area (Å²) < 4.78 is 25.3. The summed E-state index contributed by atoms with van der Waals surface area (Å²) in [5.74, 6) is 1.01. The summed E-state index contributed by atoms with van der Waals surface area (Å²) >= 11 is 7.39. The molecular weight excluding hydrogens is 515 g/mol. The number of carbonyl (C=O) groups excluding carboxylic acids is 1. The number of rotatable bonds is 6. The molecule has 5 rings (SSSR count). The van der Waals surface area contributed by atoms with E-state index in [2.05, 4.69) is 39.7 Å². The van der Waals surface area contributed by atoms with Gasteiger partial charge < -0.3 is 19.7 Å². The third kappa shape index (κ3) is 4.87. The van der Waals surface area contributed by atoms with Gasteiger partial charge in [-0.1, -0.05) is 23.7 Å². The monoisotopic (exact) mass is 544 g/mol. The van der Waals surface area contributed by atoms with Gasteiger partial charge in [-0.05, 0) is 69.1 Å². The molecule has 10 heteroatoms. The molecule has 2 heterocycles. The van der Waals surface area contributed by atoms with E-state index in [1.54, 1.807) is 31.7 Å². The summed E-state index contributed by atoms with van der Waals surface area (Å²) in [5.41, 5.74) is 1.89. The number of aromatic nitrogens is 1. The van der Waals surface area contributed by atoms with E-state index in [0.717, 1.165) is 43.7 Å². The Morgan fingerprint density at radius 1 is 1.22 bits per heavy atom. The number of halogens is 2. The normalized spacial score (nSPS) is 23.4. The number of anilines is 1. The fourth-order valence-corrected chi connectivity index (χ4v) is 6.86. The van der Waals surface area contributed by atoms with Crippen molar-refractivity contribution < 1.29 is 18.7 Å². The zero-order valence-corrected chi connectivity index (χ0v) is 22.6. The van der Waals surface area contributed by atoms with E-state index < -0.39 is 5.82 Å². The first kappa shape index (κ1) is 25.8. The minimum Gasteiger partial charge on any atom is -0.493 e. The van der Waals surface area contributed by atoms with Crippen molar-refractivity contribution in [3.63, 3.8) is 0 Å². The Bertz CT molecular complexity index is 1280. The van der Waals surface area contributed by atoms with Gasteiger partial charge in [-0.2, -0.15) is 0 Å². The third-order valence-electron chi connectivity index (χ3n) is 7.76. The van der Waals surface area contributed by atoms with Gasteiger partial charge >= 0.3 is 6.03 Å². The number of amides is 2. The lowest BCUT2D eigenvalue weighted by molar-refractivity contribution is 0.156. The first-order valence-electron chi connectivity index (χ1n) is 12.2. The van der Waals surface area contributed by atoms with Crippen LogP contribution in [0, 0.1) is 5.82 Å². The number of likely N-dealkylation sites (tertiary alicyclic amines) is 1. The molecule has 1 aliphatic heterocycles. The van der Waals surface area contributed by atoms with Crippen LogP contribution in [0.2, 0.25) is 5.02 Å². The van der Waals surface area contributed by atoms with Crippen LogP contribution in [0.25, 0.3) is 11.3 Å². The lowest BCUT2D eigenvalue weighted by atomic mass is 9.65. The van der Waals surface area contributed by atoms with Crippen LogP contribution in [0.3, 0.4) is 0 Å². The number of nitrogens with one attached hydrogen (secondary N) is 2. The molecule has 0 spiro atoms. The van der Waals surface area contributed by atoms with Gasteiger partial charge in [0.15, 0.2) is 16.6 Å². The summed E-state index contributed by atoms with van der Waals surface area (Å²) in [5, 5.41) is 8.29. The molecule has 7 nitrogen and oxygen atoms in total. The highest BCUT2D eigenvalue weighted by molar-refractivity contribution is 7.14. The molecule has 2 fully saturated rings. The van der Waals surface area contributed by atoms with Crippen molar-refractivity contribution >= 4 is 34.1 Å². The lowest BCUT2D eigenvalue weighted by Crippen LogP contribution is -2.52. The van der Waals surface area contributed by atoms with E-state index in [4.69, 9.17) is 21.1 Å². The van der Waals surface area contributed by atoms with Crippen molar-refractivity contribution in [2.24, 2.45) is 0 Å². The average Bonchev–Trinajstić information content (AvgIpc) is 3.48. The zero-order valence-electron chi connectivity index (χ0n) is 21.0. The van der Waals surface area contributed by atoms with E-state index in [1.807, 2.05) is 6.07 Å². The first-order valence-corrected chi connectivity index (χ1v) is 13.5. The van der Waals surface area contributed by atoms with Crippen molar-refractivity contribution in [1.82, 2.24) is 15.2 Å². The topological polar surface area (TPSA) is 75.7 Å². The molecule has 2 aliphatic rings. The SMILES string of the molecule is COc1ccc([C@@]23CC[C@H](NC(=O)Nc4nc(-c5c(F)cccc5Cl)cs4)C[C@H]2N(C)CC3)cc1OC. The van der Waals surface area contributed by atoms with Gasteiger partial charge in [0.2, 0.25) is 0 Å². The highest BCUT2D eigenvalue weighted by Crippen LogP contribution is 2.50. The highest BCUT2D eigenvalue weighted by Gasteiger charge is 2.50. The Hall–Kier alpha value is -2.88. The van der Waals surface area contributed by atoms with E-state index in [0.29, 0.717) is 16.9 Å². The molecule has 1 aliphatic carbocycles. The number of carbonyl (C=O) groups is 1. The van der Waals surface area contributed by atoms with Gasteiger partial charge in [-0.15, -0.1) is 11.3 Å². The molecule has 1 saturated carbocycles. The van der Waals surface area contributed by atoms with Gasteiger partial charge in [-0.25, -0.2) is 14.2 Å². The summed E-state index contributed by atoms with van der Waals surface area (Å²) in [4.78, 5) is 19.6. The molecule has 2 aromatic carbocycles. The molecule has 196 valence electrons. The molecule has 2 amide bonds. The average molecular weight is 545 g/mol. The Balaban J connectivity index is 1.26. The quantitative estimate of drug-likeness (QED) is 0.402. The highest BCUT2D eigenvalue weighted by atomic mass is 35.5. The fourth-order valence-electron chi connectivity index (χ4n) is 5.90. The number of thiazole rings is 1. The van der Waals surface area contributed by atoms with Crippen LogP contribution in [-0.4, -0.2) is 55.8 Å². The number of methoxy groups -OCH3 is 2. The standard InChI is InChI=1S/C27H30ClFN4O3S/c1-33-12-11-27(16-7-8-21(35-2)22(13-16)36-3)10-9-17(14-23(27)33)30-25(34)32-26-31-20(15-37-26)24-18(28)5-4-6-19(24)29/h4-8,13,15,17,23H,9-12,14H2,1-3H3,(H2,30,31,32,34)/t17-,23+,27-/m0/s1. The fraction of sp³-hybridized carbons (Fsp3) is 0.407. The number of hydrogen-bond donors (Lipinski definition) is 2. The van der Waals surface area contributed by atoms with Crippen molar-refractivity contribution in [1.29, 1.82) is 0 Å². The maximum atomic E-state index is 14.3. The number of benzene rings is 2. The van der Waals surface area contributed by atoms with Crippen LogP contribution in [0.1, 0.15) is 31.2 Å². The van der Waals surface area contributed by atoms with Crippen molar-refractivity contribution in [2.45, 2.75) is 43.2 Å². The Morgan fingerprint density at radius 3 is 2.78 bits per heavy atom. The summed E-state index contributed by atoms with van der Waals surface area (Å²) in [6.45, 7) is 0.998. The van der Waals surface area contributed by atoms with E-state index in [9.17, 15) is 9.18 Å². The molecule has 0 unspecified atom stereocenters. The van der Waals surface area contributed by atoms with Crippen LogP contribution in [0.5, 0.6) is 11.5 Å². The number of urea groups is 1. The third-order valence-corrected chi connectivity index (χ3v) is 8.84. The zero-order chi connectivity index (χ0) is 26.2. The summed E-state index contributed by atoms with van der Waals surface area (Å²) in [6, 6.07) is 10.7. The number of fused-ring (bicyclic) bond motifs is 1. The molecule has 0 radical (unpaired) electrons. The van der Waals surface area contributed by atoms with Gasteiger partial charge in [0.25, 0.3) is 0 Å². The number of ether oxygens (including phenoxy) is 2. The molecule has 3 aromatic rings. The maximum absolute atomic E-state index is 14.3. The van der Waals surface area contributed by atoms with E-state index in [1.165, 1.54) is 23.0 Å². The van der Waals surface area contributed by atoms with Crippen LogP contribution in [0.15, 0.2) is 41.8 Å². The predicted molar refractivity (Wildman–Crippen MR) is 145 cm³/mol. The molecule has 1 saturated heterocycles. The Kier molecular flexibility index (Phi) is 7.29. The largest absolute Gasteiger partial charge is 0.493 e. The van der Waals surface area contributed by atoms with E-state index in [-0.39, 0.29) is 28.1 Å². The van der Waals surface area contributed by atoms with Crippen molar-refractivity contribution in [2.75, 3.05) is 33.1 Å². The smallest absolute Gasteiger partial charge is 0.321 e. The van der Waals surface area contributed by atoms with Crippen LogP contribution in [-0.2, 0) is 5.41 Å². The van der Waals surface area contributed by atoms with Gasteiger partial charge in [-0.3, -0.25) is 5.32 Å². The number of likely N-dealkylation sites (N-methyl/N-ethyl adjacent to an activating group) is 1. The second-order valence-electron chi connectivity index (χ2n) is 9.68. The molecular formula is C27H30ClFN4O3S. The summed E-state index contributed by atoms with van der Waals surface area (Å²) in [7, 11) is 5.46. The van der Waals surface area contributed by atoms with Gasteiger partial charge in [0.1, 0.15) is 5.82 Å². The number of hydrogen-bond acceptors (Lipinski definition) is 6. The van der Waals surface area contributed by atoms with Crippen molar-refractivity contribution in [3.8, 4) is 22.8 Å². The van der Waals surface area contributed by atoms with E-state index >= 15 is 0 Å². The first-order chi connectivity index (χ1) is 17.8. The minimum atomic E-state index is -0.449. The second-order valence-corrected chi connectivity index (χ2v) is 10.9. The van der Waals surface area contributed by atoms with Crippen LogP contribution in [0.4, 0.5) is 14.3 Å². The lowest BCUT2D eigenvalue weighted by Gasteiger charge is -2.45. The molecule has 37 heavy (non-hydrogen) atoms. The molecule has 1 aromatic heterocycles. The Morgan fingerprint density at radius 2 is 2.03 bits per heavy atom. The number of nitrogens with zero attached hydrogens (tertiary/aromatic N) is 2. The molecule has 0 bridgehead atoms.